The molecule has 2 bridgehead atoms. The van der Waals surface area contributed by atoms with Crippen molar-refractivity contribution >= 4 is 5.91 Å². The van der Waals surface area contributed by atoms with Gasteiger partial charge in [0, 0.05) is 18.0 Å². The Balaban J connectivity index is 1.39. The van der Waals surface area contributed by atoms with Crippen LogP contribution in [-0.4, -0.2) is 36.1 Å². The Morgan fingerprint density at radius 3 is 2.71 bits per heavy atom. The smallest absolute Gasteiger partial charge is 0.228 e. The van der Waals surface area contributed by atoms with Crippen LogP contribution in [0.3, 0.4) is 0 Å². The second-order valence-electron chi connectivity index (χ2n) is 10.7. The van der Waals surface area contributed by atoms with Crippen LogP contribution in [0.15, 0.2) is 30.3 Å². The topological polar surface area (TPSA) is 46.3 Å². The highest BCUT2D eigenvalue weighted by molar-refractivity contribution is 5.85. The van der Waals surface area contributed by atoms with E-state index in [-0.39, 0.29) is 23.3 Å². The number of nitrogens with zero attached hydrogens (tertiary/aromatic N) is 1. The third-order valence-electron chi connectivity index (χ3n) is 10.0. The highest BCUT2D eigenvalue weighted by Gasteiger charge is 2.90. The van der Waals surface area contributed by atoms with E-state index in [0.717, 1.165) is 19.3 Å². The zero-order chi connectivity index (χ0) is 19.4. The number of carbonyl (C=O) groups excluding carboxylic acids is 1. The molecule has 1 spiro atoms. The maximum Gasteiger partial charge on any atom is 0.228 e. The van der Waals surface area contributed by atoms with Crippen LogP contribution in [-0.2, 0) is 10.2 Å². The number of benzene rings is 1. The summed E-state index contributed by atoms with van der Waals surface area (Å²) in [5.41, 5.74) is 7.97. The van der Waals surface area contributed by atoms with Crippen LogP contribution in [0.1, 0.15) is 57.4 Å². The summed E-state index contributed by atoms with van der Waals surface area (Å²) in [7, 11) is 0. The van der Waals surface area contributed by atoms with Gasteiger partial charge in [-0.05, 0) is 67.3 Å². The van der Waals surface area contributed by atoms with E-state index in [1.165, 1.54) is 24.8 Å². The normalized spacial score (nSPS) is 50.7. The minimum atomic E-state index is -1.08. The van der Waals surface area contributed by atoms with Crippen molar-refractivity contribution in [3.05, 3.63) is 35.9 Å². The Morgan fingerprint density at radius 1 is 1.21 bits per heavy atom. The molecule has 4 aliphatic carbocycles. The number of fused-ring (bicyclic) bond motifs is 1. The zero-order valence-electron chi connectivity index (χ0n) is 16.8. The molecule has 5 aliphatic rings. The highest BCUT2D eigenvalue weighted by Crippen LogP contribution is 2.94. The van der Waals surface area contributed by atoms with Crippen LogP contribution < -0.4 is 5.73 Å². The van der Waals surface area contributed by atoms with E-state index in [1.54, 1.807) is 0 Å². The number of hydrogen-bond donors (Lipinski definition) is 1. The summed E-state index contributed by atoms with van der Waals surface area (Å²) in [5.74, 6) is 0.910. The SMILES string of the molecule is CCC12CC3CC4(C(=O)N5CC[C@H](N)[C@@H](F)C5)CC(c5ccccc5)(C1)C32C4. The van der Waals surface area contributed by atoms with Crippen molar-refractivity contribution in [2.75, 3.05) is 13.1 Å². The van der Waals surface area contributed by atoms with E-state index >= 15 is 0 Å². The standard InChI is InChI=1S/C24H31FN2O/c1-2-22-11-17-10-21(20(28)27-9-8-19(26)18(25)12-27)13-23(15-22,24(17,22)14-21)16-6-4-3-5-7-16/h3-7,17-19H,2,8-15,26H2,1H3/t17?,18-,19-,21?,22?,23?,24?/m0/s1. The van der Waals surface area contributed by atoms with Crippen molar-refractivity contribution in [2.45, 2.75) is 69.5 Å². The summed E-state index contributed by atoms with van der Waals surface area (Å²) in [5, 5.41) is 0. The van der Waals surface area contributed by atoms with Gasteiger partial charge in [0.05, 0.1) is 12.0 Å². The molecule has 7 atom stereocenters. The molecule has 1 heterocycles. The minimum absolute atomic E-state index is 0.169. The van der Waals surface area contributed by atoms with Crippen LogP contribution in [0, 0.1) is 22.2 Å². The summed E-state index contributed by atoms with van der Waals surface area (Å²) >= 11 is 0. The molecule has 4 saturated carbocycles. The third-order valence-corrected chi connectivity index (χ3v) is 10.0. The van der Waals surface area contributed by atoms with E-state index in [0.29, 0.717) is 29.7 Å². The van der Waals surface area contributed by atoms with Crippen LogP contribution in [0.4, 0.5) is 4.39 Å². The first-order chi connectivity index (χ1) is 13.4. The fourth-order valence-electron chi connectivity index (χ4n) is 9.13. The Labute approximate surface area is 166 Å². The summed E-state index contributed by atoms with van der Waals surface area (Å²) in [6, 6.07) is 10.6. The Morgan fingerprint density at radius 2 is 2.00 bits per heavy atom. The number of likely N-dealkylation sites (tertiary alicyclic amines) is 1. The van der Waals surface area contributed by atoms with Gasteiger partial charge in [-0.15, -0.1) is 0 Å². The van der Waals surface area contributed by atoms with Gasteiger partial charge >= 0.3 is 0 Å². The molecule has 0 aromatic heterocycles. The molecule has 1 aliphatic heterocycles. The summed E-state index contributed by atoms with van der Waals surface area (Å²) in [6.07, 6.45) is 6.30. The predicted molar refractivity (Wildman–Crippen MR) is 106 cm³/mol. The predicted octanol–water partition coefficient (Wildman–Crippen LogP) is 3.81. The number of alkyl halides is 1. The molecule has 28 heavy (non-hydrogen) atoms. The van der Waals surface area contributed by atoms with Crippen molar-refractivity contribution in [1.82, 2.24) is 4.90 Å². The van der Waals surface area contributed by atoms with Gasteiger partial charge in [-0.1, -0.05) is 37.3 Å². The van der Waals surface area contributed by atoms with E-state index in [4.69, 9.17) is 5.73 Å². The molecule has 6 rings (SSSR count). The quantitative estimate of drug-likeness (QED) is 0.864. The van der Waals surface area contributed by atoms with Gasteiger partial charge in [-0.3, -0.25) is 4.79 Å². The number of carbonyl (C=O) groups is 1. The maximum absolute atomic E-state index is 14.3. The van der Waals surface area contributed by atoms with Gasteiger partial charge in [0.25, 0.3) is 0 Å². The van der Waals surface area contributed by atoms with Crippen molar-refractivity contribution in [1.29, 1.82) is 0 Å². The molecule has 150 valence electrons. The van der Waals surface area contributed by atoms with Crippen molar-refractivity contribution < 1.29 is 9.18 Å². The lowest BCUT2D eigenvalue weighted by molar-refractivity contribution is -0.282. The van der Waals surface area contributed by atoms with Crippen molar-refractivity contribution in [3.8, 4) is 0 Å². The fourth-order valence-corrected chi connectivity index (χ4v) is 9.13. The number of hydrogen-bond acceptors (Lipinski definition) is 2. The van der Waals surface area contributed by atoms with E-state index in [2.05, 4.69) is 37.3 Å². The molecule has 5 fully saturated rings. The van der Waals surface area contributed by atoms with Gasteiger partial charge in [-0.25, -0.2) is 4.39 Å². The molecule has 1 amide bonds. The molecule has 1 saturated heterocycles. The Kier molecular flexibility index (Phi) is 3.23. The molecular formula is C24H31FN2O. The first-order valence-corrected chi connectivity index (χ1v) is 11.2. The molecule has 3 nitrogen and oxygen atoms in total. The minimum Gasteiger partial charge on any atom is -0.339 e. The van der Waals surface area contributed by atoms with E-state index in [9.17, 15) is 9.18 Å². The van der Waals surface area contributed by atoms with Crippen LogP contribution in [0.25, 0.3) is 0 Å². The first-order valence-electron chi connectivity index (χ1n) is 11.2. The molecule has 1 aromatic carbocycles. The summed E-state index contributed by atoms with van der Waals surface area (Å²) < 4.78 is 14.3. The number of amides is 1. The summed E-state index contributed by atoms with van der Waals surface area (Å²) in [6.45, 7) is 3.16. The second kappa shape index (κ2) is 5.19. The molecule has 0 radical (unpaired) electrons. The van der Waals surface area contributed by atoms with Gasteiger partial charge in [0.1, 0.15) is 6.17 Å². The number of nitrogens with two attached hydrogens (primary N) is 1. The maximum atomic E-state index is 14.3. The van der Waals surface area contributed by atoms with Gasteiger partial charge in [-0.2, -0.15) is 0 Å². The largest absolute Gasteiger partial charge is 0.339 e. The Hall–Kier alpha value is -1.42. The zero-order valence-corrected chi connectivity index (χ0v) is 16.8. The van der Waals surface area contributed by atoms with Crippen molar-refractivity contribution in [2.24, 2.45) is 27.9 Å². The molecule has 1 aromatic rings. The summed E-state index contributed by atoms with van der Waals surface area (Å²) in [4.78, 5) is 15.6. The highest BCUT2D eigenvalue weighted by atomic mass is 19.1. The lowest BCUT2D eigenvalue weighted by Crippen LogP contribution is -2.75. The lowest BCUT2D eigenvalue weighted by atomic mass is 9.23. The number of piperidine rings is 1. The number of halogens is 1. The van der Waals surface area contributed by atoms with Crippen LogP contribution in [0.2, 0.25) is 0 Å². The monoisotopic (exact) mass is 382 g/mol. The van der Waals surface area contributed by atoms with Crippen LogP contribution >= 0.6 is 0 Å². The first kappa shape index (κ1) is 17.4. The average molecular weight is 383 g/mol. The number of rotatable bonds is 3. The Bertz CT molecular complexity index is 844. The van der Waals surface area contributed by atoms with Crippen molar-refractivity contribution in [3.63, 3.8) is 0 Å². The van der Waals surface area contributed by atoms with Gasteiger partial charge in [0.15, 0.2) is 0 Å². The van der Waals surface area contributed by atoms with Gasteiger partial charge in [0.2, 0.25) is 5.91 Å². The van der Waals surface area contributed by atoms with E-state index in [1.807, 2.05) is 4.90 Å². The average Bonchev–Trinajstić information content (AvgIpc) is 3.17. The fraction of sp³-hybridized carbons (Fsp3) is 0.708. The van der Waals surface area contributed by atoms with Gasteiger partial charge < -0.3 is 10.6 Å². The molecular weight excluding hydrogens is 351 g/mol. The van der Waals surface area contributed by atoms with Crippen LogP contribution in [0.5, 0.6) is 0 Å². The second-order valence-corrected chi connectivity index (χ2v) is 10.7. The lowest BCUT2D eigenvalue weighted by Gasteiger charge is -2.80. The van der Waals surface area contributed by atoms with E-state index < -0.39 is 12.2 Å². The molecule has 5 unspecified atom stereocenters. The third kappa shape index (κ3) is 1.67. The molecule has 2 N–H and O–H groups in total. The molecule has 4 heteroatoms.